The molecule has 34 heavy (non-hydrogen) atoms. The molecular formula is C26H40N2O5S. The highest BCUT2D eigenvalue weighted by Gasteiger charge is 2.77. The number of nitrogens with zero attached hydrogens (tertiary/aromatic N) is 2. The number of rotatable bonds is 9. The van der Waals surface area contributed by atoms with E-state index >= 15 is 0 Å². The molecule has 3 aliphatic heterocycles. The van der Waals surface area contributed by atoms with Gasteiger partial charge in [0.15, 0.2) is 0 Å². The van der Waals surface area contributed by atoms with E-state index in [0.29, 0.717) is 13.0 Å². The zero-order chi connectivity index (χ0) is 24.8. The topological polar surface area (TPSA) is 98.2 Å². The molecule has 3 heterocycles. The van der Waals surface area contributed by atoms with Gasteiger partial charge >= 0.3 is 5.97 Å². The Bertz CT molecular complexity index is 830. The van der Waals surface area contributed by atoms with Gasteiger partial charge in [-0.1, -0.05) is 52.5 Å². The Morgan fingerprint density at radius 3 is 2.56 bits per heavy atom. The van der Waals surface area contributed by atoms with E-state index < -0.39 is 34.6 Å². The highest BCUT2D eigenvalue weighted by Crippen LogP contribution is 2.69. The average Bonchev–Trinajstić information content (AvgIpc) is 3.42. The van der Waals surface area contributed by atoms with Crippen molar-refractivity contribution in [2.75, 3.05) is 13.2 Å². The van der Waals surface area contributed by atoms with E-state index in [1.165, 1.54) is 6.42 Å². The molecule has 2 bridgehead atoms. The van der Waals surface area contributed by atoms with E-state index in [9.17, 15) is 24.6 Å². The van der Waals surface area contributed by atoms with Crippen LogP contribution in [0.15, 0.2) is 12.7 Å². The lowest BCUT2D eigenvalue weighted by atomic mass is 9.66. The lowest BCUT2D eigenvalue weighted by Gasteiger charge is -2.45. The van der Waals surface area contributed by atoms with Crippen LogP contribution in [0, 0.1) is 23.7 Å². The number of aliphatic carboxylic acids is 1. The number of carboxylic acids is 1. The number of thioether (sulfide) groups is 1. The van der Waals surface area contributed by atoms with Crippen molar-refractivity contribution in [3.63, 3.8) is 0 Å². The third-order valence-corrected chi connectivity index (χ3v) is 11.2. The fourth-order valence-corrected chi connectivity index (χ4v) is 9.70. The quantitative estimate of drug-likeness (QED) is 0.480. The first-order chi connectivity index (χ1) is 16.2. The Kier molecular flexibility index (Phi) is 7.40. The summed E-state index contributed by atoms with van der Waals surface area (Å²) in [6.45, 7) is 10.2. The molecule has 1 saturated carbocycles. The minimum absolute atomic E-state index is 0.0113. The maximum absolute atomic E-state index is 14.5. The van der Waals surface area contributed by atoms with Gasteiger partial charge in [0.05, 0.1) is 29.2 Å². The molecule has 0 aromatic carbocycles. The number of hydrogen-bond donors (Lipinski definition) is 2. The van der Waals surface area contributed by atoms with Crippen molar-refractivity contribution < 1.29 is 24.6 Å². The van der Waals surface area contributed by atoms with Crippen molar-refractivity contribution in [1.29, 1.82) is 0 Å². The fourth-order valence-electron chi connectivity index (χ4n) is 7.30. The van der Waals surface area contributed by atoms with Gasteiger partial charge in [-0.15, -0.1) is 18.3 Å². The molecule has 2 N–H and O–H groups in total. The van der Waals surface area contributed by atoms with E-state index in [-0.39, 0.29) is 41.5 Å². The van der Waals surface area contributed by atoms with E-state index in [0.717, 1.165) is 32.1 Å². The maximum Gasteiger partial charge on any atom is 0.308 e. The summed E-state index contributed by atoms with van der Waals surface area (Å²) in [4.78, 5) is 44.5. The van der Waals surface area contributed by atoms with Crippen LogP contribution in [0.1, 0.15) is 65.7 Å². The van der Waals surface area contributed by atoms with Crippen molar-refractivity contribution in [3.05, 3.63) is 12.7 Å². The van der Waals surface area contributed by atoms with Crippen LogP contribution in [0.3, 0.4) is 0 Å². The molecule has 0 aromatic rings. The van der Waals surface area contributed by atoms with Crippen molar-refractivity contribution in [2.24, 2.45) is 23.7 Å². The number of aliphatic hydroxyl groups is 1. The van der Waals surface area contributed by atoms with Crippen molar-refractivity contribution in [2.45, 2.75) is 93.8 Å². The highest BCUT2D eigenvalue weighted by molar-refractivity contribution is 8.02. The Morgan fingerprint density at radius 1 is 1.32 bits per heavy atom. The van der Waals surface area contributed by atoms with Crippen LogP contribution in [-0.2, 0) is 14.4 Å². The third-order valence-electron chi connectivity index (χ3n) is 9.17. The van der Waals surface area contributed by atoms with Crippen molar-refractivity contribution in [3.8, 4) is 0 Å². The Hall–Kier alpha value is -1.54. The molecule has 3 saturated heterocycles. The average molecular weight is 493 g/mol. The molecule has 7 nitrogen and oxygen atoms in total. The number of amides is 2. The predicted molar refractivity (Wildman–Crippen MR) is 132 cm³/mol. The molecule has 0 aromatic heterocycles. The van der Waals surface area contributed by atoms with Crippen LogP contribution in [-0.4, -0.2) is 79.1 Å². The third kappa shape index (κ3) is 3.71. The Morgan fingerprint density at radius 2 is 2.00 bits per heavy atom. The molecule has 190 valence electrons. The van der Waals surface area contributed by atoms with E-state index in [1.807, 2.05) is 18.7 Å². The summed E-state index contributed by atoms with van der Waals surface area (Å²) in [5.74, 6) is -2.77. The van der Waals surface area contributed by atoms with Gasteiger partial charge < -0.3 is 20.0 Å². The summed E-state index contributed by atoms with van der Waals surface area (Å²) in [7, 11) is 0. The standard InChI is InChI=1S/C26H40N2O5S/c1-5-12-27(17-10-8-7-9-11-17)24(31)22-26-16(4)13-19(34-26)20(25(32)33)21(26)23(30)28(22)18(14-29)15(3)6-2/h5,15-22,29H,1,6-14H2,2-4H3,(H,32,33)/t15-,16?,18-,19+,20-,21-,22?,26?/m0/s1. The minimum Gasteiger partial charge on any atom is -0.481 e. The second-order valence-electron chi connectivity index (χ2n) is 10.8. The second-order valence-corrected chi connectivity index (χ2v) is 12.4. The smallest absolute Gasteiger partial charge is 0.308 e. The second kappa shape index (κ2) is 9.84. The van der Waals surface area contributed by atoms with E-state index in [2.05, 4.69) is 13.5 Å². The van der Waals surface area contributed by atoms with Gasteiger partial charge in [0, 0.05) is 17.8 Å². The normalized spacial score (nSPS) is 36.9. The molecule has 4 fully saturated rings. The van der Waals surface area contributed by atoms with Crippen molar-refractivity contribution >= 4 is 29.5 Å². The molecule has 1 aliphatic carbocycles. The molecule has 8 heteroatoms. The number of carbonyl (C=O) groups excluding carboxylic acids is 2. The first-order valence-electron chi connectivity index (χ1n) is 13.0. The van der Waals surface area contributed by atoms with Gasteiger partial charge in [-0.05, 0) is 31.1 Å². The Labute approximate surface area is 207 Å². The monoisotopic (exact) mass is 492 g/mol. The summed E-state index contributed by atoms with van der Waals surface area (Å²) in [6.07, 6.45) is 8.40. The molecule has 1 spiro atoms. The SMILES string of the molecule is C=CCN(C(=O)C1N([C@@H](CO)[C@@H](C)CC)C(=O)[C@@H]2[C@@H](C(=O)O)[C@H]3CC(C)C12S3)C1CCCCC1. The first kappa shape index (κ1) is 25.5. The van der Waals surface area contributed by atoms with Crippen LogP contribution in [0.4, 0.5) is 0 Å². The first-order valence-corrected chi connectivity index (χ1v) is 13.9. The highest BCUT2D eigenvalue weighted by atomic mass is 32.2. The van der Waals surface area contributed by atoms with Crippen LogP contribution >= 0.6 is 11.8 Å². The lowest BCUT2D eigenvalue weighted by Crippen LogP contribution is -2.61. The number of carbonyl (C=O) groups is 3. The number of hydrogen-bond acceptors (Lipinski definition) is 5. The van der Waals surface area contributed by atoms with Gasteiger partial charge in [-0.2, -0.15) is 0 Å². The zero-order valence-electron chi connectivity index (χ0n) is 20.7. The lowest BCUT2D eigenvalue weighted by molar-refractivity contribution is -0.151. The van der Waals surface area contributed by atoms with Crippen LogP contribution in [0.2, 0.25) is 0 Å². The molecular weight excluding hydrogens is 452 g/mol. The molecule has 0 radical (unpaired) electrons. The van der Waals surface area contributed by atoms with E-state index in [4.69, 9.17) is 0 Å². The van der Waals surface area contributed by atoms with Crippen LogP contribution in [0.25, 0.3) is 0 Å². The summed E-state index contributed by atoms with van der Waals surface area (Å²) in [5, 5.41) is 20.4. The molecule has 8 atom stereocenters. The number of fused-ring (bicyclic) bond motifs is 1. The van der Waals surface area contributed by atoms with Crippen LogP contribution < -0.4 is 0 Å². The van der Waals surface area contributed by atoms with Gasteiger partial charge in [-0.25, -0.2) is 0 Å². The van der Waals surface area contributed by atoms with Gasteiger partial charge in [0.1, 0.15) is 6.04 Å². The van der Waals surface area contributed by atoms with Crippen molar-refractivity contribution in [1.82, 2.24) is 9.80 Å². The predicted octanol–water partition coefficient (Wildman–Crippen LogP) is 3.16. The maximum atomic E-state index is 14.5. The largest absolute Gasteiger partial charge is 0.481 e. The van der Waals surface area contributed by atoms with E-state index in [1.54, 1.807) is 22.7 Å². The van der Waals surface area contributed by atoms with Gasteiger partial charge in [0.25, 0.3) is 0 Å². The summed E-state index contributed by atoms with van der Waals surface area (Å²) < 4.78 is -0.767. The number of likely N-dealkylation sites (tertiary alicyclic amines) is 1. The van der Waals surface area contributed by atoms with Gasteiger partial charge in [0.2, 0.25) is 11.8 Å². The van der Waals surface area contributed by atoms with Crippen LogP contribution in [0.5, 0.6) is 0 Å². The molecule has 4 aliphatic rings. The summed E-state index contributed by atoms with van der Waals surface area (Å²) in [5.41, 5.74) is 0. The number of aliphatic hydroxyl groups excluding tert-OH is 1. The zero-order valence-corrected chi connectivity index (χ0v) is 21.5. The molecule has 3 unspecified atom stereocenters. The molecule has 4 rings (SSSR count). The fraction of sp³-hybridized carbons (Fsp3) is 0.808. The number of carboxylic acid groups (broad SMARTS) is 1. The molecule has 2 amide bonds. The Balaban J connectivity index is 1.83. The minimum atomic E-state index is -0.947. The van der Waals surface area contributed by atoms with Gasteiger partial charge in [-0.3, -0.25) is 14.4 Å². The summed E-state index contributed by atoms with van der Waals surface area (Å²) in [6, 6.07) is -1.16. The summed E-state index contributed by atoms with van der Waals surface area (Å²) >= 11 is 1.57.